The summed E-state index contributed by atoms with van der Waals surface area (Å²) in [6.45, 7) is 7.32. The molecule has 1 saturated carbocycles. The molecule has 2 aliphatic heterocycles. The number of rotatable bonds is 5. The van der Waals surface area contributed by atoms with Crippen molar-refractivity contribution in [2.45, 2.75) is 38.8 Å². The first-order chi connectivity index (χ1) is 18.3. The molecule has 0 unspecified atom stereocenters. The van der Waals surface area contributed by atoms with Gasteiger partial charge in [-0.25, -0.2) is 0 Å². The van der Waals surface area contributed by atoms with Gasteiger partial charge in [0.25, 0.3) is 11.8 Å². The molecular weight excluding hydrogens is 486 g/mol. The number of carbonyl (C=O) groups is 2. The fourth-order valence-corrected chi connectivity index (χ4v) is 5.05. The lowest BCUT2D eigenvalue weighted by molar-refractivity contribution is 0.00994. The second-order valence-electron chi connectivity index (χ2n) is 10.7. The summed E-state index contributed by atoms with van der Waals surface area (Å²) in [6, 6.07) is 10.4. The van der Waals surface area contributed by atoms with Crippen LogP contribution in [0.4, 0.5) is 5.69 Å². The standard InChI is InChI=1S/C29H37N3O6/c1-18-13-32(14-20-5-6-20)19(2)16-36-25-12-22(8-9-23(25)29(34)31(3)15-27(18)35-4)30-28(33)21-7-10-24-26(11-21)38-17-37-24/h7-12,18-20,27H,5-6,13-17H2,1-4H3,(H,30,33)/t18-,19-,27+/m0/s1. The van der Waals surface area contributed by atoms with Gasteiger partial charge in [0, 0.05) is 57.2 Å². The number of fused-ring (bicyclic) bond motifs is 2. The molecule has 9 heteroatoms. The summed E-state index contributed by atoms with van der Waals surface area (Å²) in [5.41, 5.74) is 1.44. The van der Waals surface area contributed by atoms with Crippen molar-refractivity contribution in [2.24, 2.45) is 11.8 Å². The van der Waals surface area contributed by atoms with Crippen LogP contribution in [0.3, 0.4) is 0 Å². The topological polar surface area (TPSA) is 89.6 Å². The zero-order valence-corrected chi connectivity index (χ0v) is 22.6. The number of anilines is 1. The molecule has 0 aromatic heterocycles. The first-order valence-electron chi connectivity index (χ1n) is 13.3. The van der Waals surface area contributed by atoms with Crippen LogP contribution in [-0.2, 0) is 4.74 Å². The third-order valence-corrected chi connectivity index (χ3v) is 7.66. The average molecular weight is 524 g/mol. The van der Waals surface area contributed by atoms with Crippen LogP contribution in [0.25, 0.3) is 0 Å². The Morgan fingerprint density at radius 3 is 2.58 bits per heavy atom. The minimum atomic E-state index is -0.291. The molecule has 3 aliphatic rings. The fourth-order valence-electron chi connectivity index (χ4n) is 5.05. The number of nitrogens with one attached hydrogen (secondary N) is 1. The first-order valence-corrected chi connectivity index (χ1v) is 13.3. The minimum absolute atomic E-state index is 0.0816. The van der Waals surface area contributed by atoms with Crippen LogP contribution in [-0.4, -0.2) is 81.0 Å². The van der Waals surface area contributed by atoms with Crippen molar-refractivity contribution in [3.63, 3.8) is 0 Å². The summed E-state index contributed by atoms with van der Waals surface area (Å²) < 4.78 is 22.9. The fraction of sp³-hybridized carbons (Fsp3) is 0.517. The molecule has 3 atom stereocenters. The van der Waals surface area contributed by atoms with Crippen molar-refractivity contribution in [2.75, 3.05) is 52.5 Å². The van der Waals surface area contributed by atoms with Gasteiger partial charge in [-0.05, 0) is 61.9 Å². The van der Waals surface area contributed by atoms with Gasteiger partial charge in [0.05, 0.1) is 11.7 Å². The minimum Gasteiger partial charge on any atom is -0.491 e. The summed E-state index contributed by atoms with van der Waals surface area (Å²) >= 11 is 0. The summed E-state index contributed by atoms with van der Waals surface area (Å²) in [5, 5.41) is 2.92. The Hall–Kier alpha value is -3.30. The van der Waals surface area contributed by atoms with Crippen LogP contribution in [0.5, 0.6) is 17.2 Å². The van der Waals surface area contributed by atoms with Crippen LogP contribution in [0, 0.1) is 11.8 Å². The van der Waals surface area contributed by atoms with E-state index in [-0.39, 0.29) is 36.7 Å². The Bertz CT molecular complexity index is 1180. The summed E-state index contributed by atoms with van der Waals surface area (Å²) in [5.74, 6) is 2.17. The summed E-state index contributed by atoms with van der Waals surface area (Å²) in [7, 11) is 3.50. The Kier molecular flexibility index (Phi) is 7.76. The van der Waals surface area contributed by atoms with Crippen LogP contribution in [0.15, 0.2) is 36.4 Å². The molecular formula is C29H37N3O6. The van der Waals surface area contributed by atoms with Crippen LogP contribution in [0.2, 0.25) is 0 Å². The molecule has 0 spiro atoms. The van der Waals surface area contributed by atoms with Crippen molar-refractivity contribution < 1.29 is 28.5 Å². The van der Waals surface area contributed by atoms with E-state index in [0.717, 1.165) is 19.0 Å². The largest absolute Gasteiger partial charge is 0.491 e. The smallest absolute Gasteiger partial charge is 0.257 e. The highest BCUT2D eigenvalue weighted by atomic mass is 16.7. The normalized spacial score (nSPS) is 24.2. The lowest BCUT2D eigenvalue weighted by Gasteiger charge is -2.36. The highest BCUT2D eigenvalue weighted by Crippen LogP contribution is 2.34. The molecule has 0 radical (unpaired) electrons. The van der Waals surface area contributed by atoms with E-state index in [9.17, 15) is 9.59 Å². The quantitative estimate of drug-likeness (QED) is 0.636. The molecule has 5 rings (SSSR count). The average Bonchev–Trinajstić information content (AvgIpc) is 3.61. The SMILES string of the molecule is CO[C@@H]1CN(C)C(=O)c2ccc(NC(=O)c3ccc4c(c3)OCO4)cc2OC[C@H](C)N(CC2CC2)C[C@@H]1C. The van der Waals surface area contributed by atoms with Gasteiger partial charge in [0.15, 0.2) is 11.5 Å². The van der Waals surface area contributed by atoms with Gasteiger partial charge in [0.2, 0.25) is 6.79 Å². The highest BCUT2D eigenvalue weighted by molar-refractivity contribution is 6.05. The predicted octanol–water partition coefficient (Wildman–Crippen LogP) is 3.88. The van der Waals surface area contributed by atoms with Gasteiger partial charge in [-0.1, -0.05) is 6.92 Å². The number of hydrogen-bond acceptors (Lipinski definition) is 7. The first kappa shape index (κ1) is 26.3. The second-order valence-corrected chi connectivity index (χ2v) is 10.7. The summed E-state index contributed by atoms with van der Waals surface area (Å²) in [6.07, 6.45) is 2.47. The maximum atomic E-state index is 13.5. The van der Waals surface area contributed by atoms with Crippen molar-refractivity contribution in [3.05, 3.63) is 47.5 Å². The van der Waals surface area contributed by atoms with Gasteiger partial charge in [0.1, 0.15) is 12.4 Å². The number of nitrogens with zero attached hydrogens (tertiary/aromatic N) is 2. The molecule has 2 amide bonds. The van der Waals surface area contributed by atoms with E-state index in [4.69, 9.17) is 18.9 Å². The van der Waals surface area contributed by atoms with Gasteiger partial charge in [-0.3, -0.25) is 14.5 Å². The Labute approximate surface area is 224 Å². The van der Waals surface area contributed by atoms with E-state index < -0.39 is 0 Å². The van der Waals surface area contributed by atoms with Crippen LogP contribution >= 0.6 is 0 Å². The van der Waals surface area contributed by atoms with E-state index in [0.29, 0.717) is 47.2 Å². The maximum absolute atomic E-state index is 13.5. The third kappa shape index (κ3) is 5.89. The second kappa shape index (κ2) is 11.2. The third-order valence-electron chi connectivity index (χ3n) is 7.66. The molecule has 0 bridgehead atoms. The Morgan fingerprint density at radius 2 is 1.82 bits per heavy atom. The van der Waals surface area contributed by atoms with Gasteiger partial charge < -0.3 is 29.2 Å². The molecule has 2 heterocycles. The van der Waals surface area contributed by atoms with Gasteiger partial charge in [-0.2, -0.15) is 0 Å². The number of hydrogen-bond donors (Lipinski definition) is 1. The van der Waals surface area contributed by atoms with E-state index in [1.807, 2.05) is 0 Å². The zero-order valence-electron chi connectivity index (χ0n) is 22.6. The number of methoxy groups -OCH3 is 1. The molecule has 1 fully saturated rings. The molecule has 9 nitrogen and oxygen atoms in total. The predicted molar refractivity (Wildman–Crippen MR) is 143 cm³/mol. The van der Waals surface area contributed by atoms with E-state index >= 15 is 0 Å². The molecule has 1 N–H and O–H groups in total. The van der Waals surface area contributed by atoms with Crippen molar-refractivity contribution in [3.8, 4) is 17.2 Å². The number of benzene rings is 2. The van der Waals surface area contributed by atoms with Crippen molar-refractivity contribution >= 4 is 17.5 Å². The Balaban J connectivity index is 1.39. The lowest BCUT2D eigenvalue weighted by Crippen LogP contribution is -2.47. The zero-order chi connectivity index (χ0) is 26.8. The van der Waals surface area contributed by atoms with E-state index in [2.05, 4.69) is 24.1 Å². The molecule has 204 valence electrons. The number of ether oxygens (including phenoxy) is 4. The lowest BCUT2D eigenvalue weighted by atomic mass is 10.0. The van der Waals surface area contributed by atoms with Gasteiger partial charge >= 0.3 is 0 Å². The molecule has 38 heavy (non-hydrogen) atoms. The number of amides is 2. The molecule has 1 aliphatic carbocycles. The number of likely N-dealkylation sites (N-methyl/N-ethyl adjacent to an activating group) is 1. The van der Waals surface area contributed by atoms with E-state index in [1.165, 1.54) is 12.8 Å². The molecule has 0 saturated heterocycles. The summed E-state index contributed by atoms with van der Waals surface area (Å²) in [4.78, 5) is 30.6. The van der Waals surface area contributed by atoms with E-state index in [1.54, 1.807) is 55.5 Å². The monoisotopic (exact) mass is 523 g/mol. The van der Waals surface area contributed by atoms with Crippen LogP contribution in [0.1, 0.15) is 47.4 Å². The van der Waals surface area contributed by atoms with Crippen LogP contribution < -0.4 is 19.5 Å². The Morgan fingerprint density at radius 1 is 1.03 bits per heavy atom. The van der Waals surface area contributed by atoms with Gasteiger partial charge in [-0.15, -0.1) is 0 Å². The number of carbonyl (C=O) groups excluding carboxylic acids is 2. The maximum Gasteiger partial charge on any atom is 0.257 e. The molecule has 2 aromatic carbocycles. The molecule has 2 aromatic rings. The van der Waals surface area contributed by atoms with Crippen molar-refractivity contribution in [1.29, 1.82) is 0 Å². The highest BCUT2D eigenvalue weighted by Gasteiger charge is 2.31. The van der Waals surface area contributed by atoms with Crippen molar-refractivity contribution in [1.82, 2.24) is 9.80 Å².